The Bertz CT molecular complexity index is 2340. The third kappa shape index (κ3) is 40.1. The van der Waals surface area contributed by atoms with Crippen LogP contribution in [-0.2, 0) is 67.3 Å². The molecule has 1 saturated heterocycles. The average Bonchev–Trinajstić information content (AvgIpc) is 1.85. The van der Waals surface area contributed by atoms with Crippen molar-refractivity contribution in [1.29, 1.82) is 0 Å². The Morgan fingerprint density at radius 2 is 0.884 bits per heavy atom. The lowest BCUT2D eigenvalue weighted by Crippen LogP contribution is -2.32. The molecule has 2 aromatic rings. The van der Waals surface area contributed by atoms with Gasteiger partial charge in [-0.25, -0.2) is 9.59 Å². The molecule has 95 heavy (non-hydrogen) atoms. The van der Waals surface area contributed by atoms with Gasteiger partial charge in [0.2, 0.25) is 0 Å². The summed E-state index contributed by atoms with van der Waals surface area (Å²) in [4.78, 5) is 78.5. The summed E-state index contributed by atoms with van der Waals surface area (Å²) >= 11 is 0. The average molecular weight is 1330 g/mol. The number of carbonyl (C=O) groups excluding carboxylic acids is 6. The Hall–Kier alpha value is -6.34. The number of esters is 6. The normalized spacial score (nSPS) is 15.2. The fourth-order valence-corrected chi connectivity index (χ4v) is 10.7. The van der Waals surface area contributed by atoms with E-state index in [0.717, 1.165) is 165 Å². The number of epoxide rings is 1. The van der Waals surface area contributed by atoms with E-state index >= 15 is 0 Å². The zero-order valence-corrected chi connectivity index (χ0v) is 58.2. The number of allylic oxidation sites excluding steroid dienone is 4. The summed E-state index contributed by atoms with van der Waals surface area (Å²) < 4.78 is 50.8. The van der Waals surface area contributed by atoms with Crippen LogP contribution in [0.4, 0.5) is 0 Å². The predicted octanol–water partition coefficient (Wildman–Crippen LogP) is 14.7. The second-order valence-corrected chi connectivity index (χ2v) is 25.9. The van der Waals surface area contributed by atoms with Crippen LogP contribution in [0.2, 0.25) is 0 Å². The van der Waals surface area contributed by atoms with Crippen LogP contribution in [0.3, 0.4) is 0 Å². The molecule has 1 aliphatic rings. The van der Waals surface area contributed by atoms with Crippen molar-refractivity contribution < 1.29 is 86.7 Å². The van der Waals surface area contributed by atoms with Crippen molar-refractivity contribution in [3.63, 3.8) is 0 Å². The highest BCUT2D eigenvalue weighted by Gasteiger charge is 2.30. The Labute approximate surface area is 568 Å². The van der Waals surface area contributed by atoms with Gasteiger partial charge in [0.15, 0.2) is 12.2 Å². The predicted molar refractivity (Wildman–Crippen MR) is 369 cm³/mol. The van der Waals surface area contributed by atoms with Crippen LogP contribution in [0.1, 0.15) is 238 Å². The number of rotatable bonds is 58. The number of carbonyl (C=O) groups is 6. The van der Waals surface area contributed by atoms with Crippen molar-refractivity contribution in [3.8, 4) is 11.5 Å². The number of aliphatic hydroxyl groups excluding tert-OH is 3. The zero-order chi connectivity index (χ0) is 69.3. The number of hydrogen-bond donors (Lipinski definition) is 3. The first-order valence-corrected chi connectivity index (χ1v) is 35.6. The Kier molecular flexibility index (Phi) is 44.5. The molecule has 534 valence electrons. The quantitative estimate of drug-likeness (QED) is 0.0139. The molecule has 0 aromatic heterocycles. The van der Waals surface area contributed by atoms with Crippen molar-refractivity contribution in [2.45, 2.75) is 269 Å². The van der Waals surface area contributed by atoms with E-state index in [2.05, 4.69) is 40.9 Å². The van der Waals surface area contributed by atoms with Crippen LogP contribution in [0.5, 0.6) is 11.5 Å². The van der Waals surface area contributed by atoms with E-state index in [-0.39, 0.29) is 71.4 Å². The van der Waals surface area contributed by atoms with E-state index in [1.165, 1.54) is 19.3 Å². The summed E-state index contributed by atoms with van der Waals surface area (Å²) in [5.41, 5.74) is 1.33. The maximum absolute atomic E-state index is 13.6. The number of hydrogen-bond acceptors (Lipinski definition) is 18. The number of benzene rings is 2. The number of aliphatic hydroxyl groups is 3. The minimum absolute atomic E-state index is 0.172. The molecule has 18 heteroatoms. The first kappa shape index (κ1) is 82.9. The van der Waals surface area contributed by atoms with Crippen molar-refractivity contribution in [3.05, 3.63) is 109 Å². The summed E-state index contributed by atoms with van der Waals surface area (Å²) in [7, 11) is 0. The molecule has 3 rings (SSSR count). The van der Waals surface area contributed by atoms with E-state index in [1.807, 2.05) is 55.5 Å². The van der Waals surface area contributed by atoms with Crippen molar-refractivity contribution in [2.24, 2.45) is 11.8 Å². The molecule has 8 unspecified atom stereocenters. The second kappa shape index (κ2) is 51.0. The highest BCUT2D eigenvalue weighted by molar-refractivity contribution is 5.82. The van der Waals surface area contributed by atoms with Gasteiger partial charge in [-0.05, 0) is 107 Å². The third-order valence-corrected chi connectivity index (χ3v) is 16.9. The molecule has 0 radical (unpaired) electrons. The fraction of sp³-hybridized carbons (Fsp3) is 0.662. The van der Waals surface area contributed by atoms with E-state index in [0.29, 0.717) is 30.4 Å². The summed E-state index contributed by atoms with van der Waals surface area (Å²) in [6.45, 7) is 16.6. The van der Waals surface area contributed by atoms with Crippen LogP contribution >= 0.6 is 0 Å². The highest BCUT2D eigenvalue weighted by Crippen LogP contribution is 2.34. The first-order chi connectivity index (χ1) is 45.9. The second-order valence-electron chi connectivity index (χ2n) is 25.9. The molecule has 0 saturated carbocycles. The molecule has 8 atom stereocenters. The fourth-order valence-electron chi connectivity index (χ4n) is 10.7. The zero-order valence-electron chi connectivity index (χ0n) is 58.2. The lowest BCUT2D eigenvalue weighted by Gasteiger charge is -2.27. The lowest BCUT2D eigenvalue weighted by atomic mass is 9.78. The van der Waals surface area contributed by atoms with Gasteiger partial charge in [-0.3, -0.25) is 19.2 Å². The Morgan fingerprint density at radius 1 is 0.505 bits per heavy atom. The molecule has 3 N–H and O–H groups in total. The van der Waals surface area contributed by atoms with Crippen LogP contribution in [-0.4, -0.2) is 134 Å². The molecule has 1 aliphatic heterocycles. The standard InChI is InChI=1S/C77H118O18/c1-8-12-14-16-25-31-37-60(75(85)92-52-64(79)39-33-27-21-18-20-24-30-36-59(5)78)50-73(83)94-69(57-90-71(81)10-3)55-87-66-46-42-62(43-47-66)77(6,7)63-44-48-67(49-45-63)88-56-70(58-91-72(82)11-4)95-74(84)51-61(38-32-26-17-15-13-9-2)76(86)93-53-65(80)40-34-28-22-19-23-29-35-41-68-54-89-68/h10-11,25-26,31-32,42-49,59-61,64-65,68-70,78-80H,3-4,8-9,12-24,27-30,33-41,50-58H2,1-2,5-7H3. The largest absolute Gasteiger partial charge is 0.490 e. The summed E-state index contributed by atoms with van der Waals surface area (Å²) in [5, 5.41) is 30.8. The highest BCUT2D eigenvalue weighted by atomic mass is 16.6. The molecule has 0 aliphatic carbocycles. The minimum atomic E-state index is -1.05. The van der Waals surface area contributed by atoms with Crippen molar-refractivity contribution in [2.75, 3.05) is 46.2 Å². The lowest BCUT2D eigenvalue weighted by molar-refractivity contribution is -0.163. The van der Waals surface area contributed by atoms with Gasteiger partial charge in [0, 0.05) is 17.6 Å². The first-order valence-electron chi connectivity index (χ1n) is 35.6. The summed E-state index contributed by atoms with van der Waals surface area (Å²) in [6.07, 6.45) is 31.7. The minimum Gasteiger partial charge on any atom is -0.490 e. The van der Waals surface area contributed by atoms with E-state index in [1.54, 1.807) is 24.3 Å². The SMILES string of the molecule is C=CC(=O)OCC(COc1ccc(C(C)(C)c2ccc(OCC(COC(=O)C=C)OC(=O)CC(CC=CCCCCC)C(=O)OCC(O)CCCCCCCCCC3CO3)cc2)cc1)OC(=O)CC(CC=CCCCCC)C(=O)OCC(O)CCCCCCCCCC(C)O. The maximum Gasteiger partial charge on any atom is 0.330 e. The molecular weight excluding hydrogens is 1210 g/mol. The Morgan fingerprint density at radius 3 is 1.25 bits per heavy atom. The molecule has 0 amide bonds. The summed E-state index contributed by atoms with van der Waals surface area (Å²) in [5.74, 6) is -4.95. The van der Waals surface area contributed by atoms with Gasteiger partial charge in [-0.2, -0.15) is 0 Å². The maximum atomic E-state index is 13.6. The van der Waals surface area contributed by atoms with Crippen LogP contribution in [0.15, 0.2) is 98.1 Å². The van der Waals surface area contributed by atoms with Gasteiger partial charge >= 0.3 is 35.8 Å². The molecule has 1 fully saturated rings. The molecule has 18 nitrogen and oxygen atoms in total. The third-order valence-electron chi connectivity index (χ3n) is 16.9. The monoisotopic (exact) mass is 1330 g/mol. The van der Waals surface area contributed by atoms with E-state index in [4.69, 9.17) is 42.6 Å². The number of ether oxygens (including phenoxy) is 9. The van der Waals surface area contributed by atoms with Gasteiger partial charge < -0.3 is 58.0 Å². The Balaban J connectivity index is 1.60. The smallest absolute Gasteiger partial charge is 0.330 e. The molecular formula is C77H118O18. The molecule has 2 aromatic carbocycles. The van der Waals surface area contributed by atoms with E-state index < -0.39 is 77.5 Å². The summed E-state index contributed by atoms with van der Waals surface area (Å²) in [6, 6.07) is 14.7. The molecule has 1 heterocycles. The van der Waals surface area contributed by atoms with Crippen LogP contribution in [0.25, 0.3) is 0 Å². The van der Waals surface area contributed by atoms with Gasteiger partial charge in [-0.1, -0.05) is 205 Å². The topological polar surface area (TPSA) is 249 Å². The molecule has 0 spiro atoms. The van der Waals surface area contributed by atoms with Crippen molar-refractivity contribution >= 4 is 35.8 Å². The van der Waals surface area contributed by atoms with Crippen LogP contribution < -0.4 is 9.47 Å². The van der Waals surface area contributed by atoms with Gasteiger partial charge in [-0.15, -0.1) is 0 Å². The van der Waals surface area contributed by atoms with Gasteiger partial charge in [0.25, 0.3) is 0 Å². The van der Waals surface area contributed by atoms with Gasteiger partial charge in [0.1, 0.15) is 51.1 Å². The van der Waals surface area contributed by atoms with Gasteiger partial charge in [0.05, 0.1) is 55.7 Å². The molecule has 0 bridgehead atoms. The van der Waals surface area contributed by atoms with Crippen LogP contribution in [0, 0.1) is 11.8 Å². The van der Waals surface area contributed by atoms with Crippen molar-refractivity contribution in [1.82, 2.24) is 0 Å². The number of unbranched alkanes of at least 4 members (excludes halogenated alkanes) is 18. The van der Waals surface area contributed by atoms with E-state index in [9.17, 15) is 44.1 Å².